The molecule has 0 saturated heterocycles. The molecule has 1 heterocycles. The molecule has 0 spiro atoms. The standard InChI is InChI=1S/C15H13N3O3/c19-15-12-8-11(18(20)21)6-7-13(12)16-9-14(17-15)10-4-2-1-3-5-10/h1-8,14,16H,9H2,(H,17,19). The molecule has 2 N–H and O–H groups in total. The highest BCUT2D eigenvalue weighted by molar-refractivity contribution is 6.01. The summed E-state index contributed by atoms with van der Waals surface area (Å²) in [7, 11) is 0. The number of nitro benzene ring substituents is 1. The number of amides is 1. The van der Waals surface area contributed by atoms with Crippen molar-refractivity contribution in [2.75, 3.05) is 11.9 Å². The summed E-state index contributed by atoms with van der Waals surface area (Å²) in [6.45, 7) is 0.528. The molecule has 1 unspecified atom stereocenters. The second-order valence-electron chi connectivity index (χ2n) is 4.80. The third kappa shape index (κ3) is 2.55. The molecule has 0 radical (unpaired) electrons. The summed E-state index contributed by atoms with van der Waals surface area (Å²) < 4.78 is 0. The molecule has 106 valence electrons. The van der Waals surface area contributed by atoms with E-state index in [4.69, 9.17) is 0 Å². The van der Waals surface area contributed by atoms with Crippen LogP contribution in [0.1, 0.15) is 22.0 Å². The number of fused-ring (bicyclic) bond motifs is 1. The van der Waals surface area contributed by atoms with Crippen molar-refractivity contribution in [1.29, 1.82) is 0 Å². The van der Waals surface area contributed by atoms with Gasteiger partial charge in [0, 0.05) is 24.4 Å². The molecule has 2 aromatic rings. The van der Waals surface area contributed by atoms with Crippen molar-refractivity contribution in [3.8, 4) is 0 Å². The highest BCUT2D eigenvalue weighted by Crippen LogP contribution is 2.26. The third-order valence-corrected chi connectivity index (χ3v) is 3.46. The van der Waals surface area contributed by atoms with E-state index in [1.807, 2.05) is 30.3 Å². The molecule has 0 aliphatic carbocycles. The quantitative estimate of drug-likeness (QED) is 0.655. The van der Waals surface area contributed by atoms with Crippen LogP contribution in [0.15, 0.2) is 48.5 Å². The van der Waals surface area contributed by atoms with E-state index in [1.165, 1.54) is 12.1 Å². The number of carbonyl (C=O) groups is 1. The first-order valence-corrected chi connectivity index (χ1v) is 6.53. The van der Waals surface area contributed by atoms with Crippen molar-refractivity contribution in [1.82, 2.24) is 5.32 Å². The lowest BCUT2D eigenvalue weighted by Crippen LogP contribution is -2.29. The van der Waals surface area contributed by atoms with Gasteiger partial charge in [-0.25, -0.2) is 0 Å². The molecular weight excluding hydrogens is 270 g/mol. The fourth-order valence-corrected chi connectivity index (χ4v) is 2.37. The SMILES string of the molecule is O=C1NC(c2ccccc2)CNc2ccc([N+](=O)[O-])cc21. The van der Waals surface area contributed by atoms with Gasteiger partial charge in [0.2, 0.25) is 0 Å². The number of hydrogen-bond acceptors (Lipinski definition) is 4. The highest BCUT2D eigenvalue weighted by Gasteiger charge is 2.24. The van der Waals surface area contributed by atoms with Gasteiger partial charge in [0.25, 0.3) is 11.6 Å². The van der Waals surface area contributed by atoms with Crippen LogP contribution in [0.5, 0.6) is 0 Å². The smallest absolute Gasteiger partial charge is 0.270 e. The Morgan fingerprint density at radius 3 is 2.62 bits per heavy atom. The third-order valence-electron chi connectivity index (χ3n) is 3.46. The van der Waals surface area contributed by atoms with Gasteiger partial charge in [-0.2, -0.15) is 0 Å². The van der Waals surface area contributed by atoms with Gasteiger partial charge in [0.15, 0.2) is 0 Å². The van der Waals surface area contributed by atoms with Crippen molar-refractivity contribution in [2.24, 2.45) is 0 Å². The summed E-state index contributed by atoms with van der Waals surface area (Å²) in [5, 5.41) is 16.9. The predicted octanol–water partition coefficient (Wildman–Crippen LogP) is 2.49. The summed E-state index contributed by atoms with van der Waals surface area (Å²) in [6.07, 6.45) is 0. The number of anilines is 1. The maximum atomic E-state index is 12.3. The van der Waals surface area contributed by atoms with Gasteiger partial charge < -0.3 is 10.6 Å². The van der Waals surface area contributed by atoms with Crippen LogP contribution in [0.3, 0.4) is 0 Å². The minimum absolute atomic E-state index is 0.0936. The summed E-state index contributed by atoms with van der Waals surface area (Å²) >= 11 is 0. The van der Waals surface area contributed by atoms with Gasteiger partial charge in [0.1, 0.15) is 0 Å². The molecule has 6 heteroatoms. The summed E-state index contributed by atoms with van der Waals surface area (Å²) in [5.41, 5.74) is 1.80. The monoisotopic (exact) mass is 283 g/mol. The Kier molecular flexibility index (Phi) is 3.27. The molecule has 0 fully saturated rings. The molecule has 1 aliphatic heterocycles. The van der Waals surface area contributed by atoms with Crippen LogP contribution < -0.4 is 10.6 Å². The number of nitrogens with zero attached hydrogens (tertiary/aromatic N) is 1. The van der Waals surface area contributed by atoms with Crippen LogP contribution >= 0.6 is 0 Å². The zero-order valence-corrected chi connectivity index (χ0v) is 11.1. The second-order valence-corrected chi connectivity index (χ2v) is 4.80. The normalized spacial score (nSPS) is 17.1. The summed E-state index contributed by atoms with van der Waals surface area (Å²) in [5.74, 6) is -0.312. The first kappa shape index (κ1) is 13.1. The van der Waals surface area contributed by atoms with E-state index < -0.39 is 4.92 Å². The minimum Gasteiger partial charge on any atom is -0.382 e. The van der Waals surface area contributed by atoms with Crippen molar-refractivity contribution in [2.45, 2.75) is 6.04 Å². The number of benzene rings is 2. The van der Waals surface area contributed by atoms with Gasteiger partial charge in [-0.15, -0.1) is 0 Å². The van der Waals surface area contributed by atoms with E-state index in [-0.39, 0.29) is 17.6 Å². The van der Waals surface area contributed by atoms with E-state index in [0.717, 1.165) is 5.56 Å². The van der Waals surface area contributed by atoms with E-state index >= 15 is 0 Å². The van der Waals surface area contributed by atoms with Crippen LogP contribution in [0.2, 0.25) is 0 Å². The van der Waals surface area contributed by atoms with Crippen molar-refractivity contribution in [3.63, 3.8) is 0 Å². The Morgan fingerprint density at radius 2 is 1.90 bits per heavy atom. The Hall–Kier alpha value is -2.89. The van der Waals surface area contributed by atoms with Crippen molar-refractivity contribution >= 4 is 17.3 Å². The number of carbonyl (C=O) groups excluding carboxylic acids is 1. The first-order valence-electron chi connectivity index (χ1n) is 6.53. The number of nitro groups is 1. The largest absolute Gasteiger partial charge is 0.382 e. The average molecular weight is 283 g/mol. The van der Waals surface area contributed by atoms with Crippen LogP contribution in [-0.4, -0.2) is 17.4 Å². The molecule has 1 aliphatic rings. The molecule has 3 rings (SSSR count). The van der Waals surface area contributed by atoms with Gasteiger partial charge in [-0.05, 0) is 11.6 Å². The van der Waals surface area contributed by atoms with Crippen LogP contribution in [0.25, 0.3) is 0 Å². The zero-order chi connectivity index (χ0) is 14.8. The molecule has 0 bridgehead atoms. The van der Waals surface area contributed by atoms with Crippen molar-refractivity contribution in [3.05, 3.63) is 69.8 Å². The molecule has 1 amide bonds. The number of nitrogens with one attached hydrogen (secondary N) is 2. The molecule has 2 aromatic carbocycles. The number of rotatable bonds is 2. The maximum Gasteiger partial charge on any atom is 0.270 e. The van der Waals surface area contributed by atoms with Gasteiger partial charge >= 0.3 is 0 Å². The minimum atomic E-state index is -0.507. The predicted molar refractivity (Wildman–Crippen MR) is 78.2 cm³/mol. The van der Waals surface area contributed by atoms with Crippen LogP contribution in [-0.2, 0) is 0 Å². The number of hydrogen-bond donors (Lipinski definition) is 2. The molecule has 0 saturated carbocycles. The van der Waals surface area contributed by atoms with E-state index in [0.29, 0.717) is 17.8 Å². The van der Waals surface area contributed by atoms with E-state index in [1.54, 1.807) is 6.07 Å². The van der Waals surface area contributed by atoms with Crippen LogP contribution in [0.4, 0.5) is 11.4 Å². The van der Waals surface area contributed by atoms with E-state index in [9.17, 15) is 14.9 Å². The lowest BCUT2D eigenvalue weighted by atomic mass is 10.1. The summed E-state index contributed by atoms with van der Waals surface area (Å²) in [6, 6.07) is 13.7. The fraction of sp³-hybridized carbons (Fsp3) is 0.133. The van der Waals surface area contributed by atoms with Gasteiger partial charge in [-0.1, -0.05) is 30.3 Å². The maximum absolute atomic E-state index is 12.3. The molecule has 0 aromatic heterocycles. The first-order chi connectivity index (χ1) is 10.1. The average Bonchev–Trinajstić information content (AvgIpc) is 2.67. The van der Waals surface area contributed by atoms with Gasteiger partial charge in [0.05, 0.1) is 16.5 Å². The second kappa shape index (κ2) is 5.24. The number of non-ortho nitro benzene ring substituents is 1. The van der Waals surface area contributed by atoms with Crippen LogP contribution in [0, 0.1) is 10.1 Å². The lowest BCUT2D eigenvalue weighted by Gasteiger charge is -2.16. The Morgan fingerprint density at radius 1 is 1.14 bits per heavy atom. The lowest BCUT2D eigenvalue weighted by molar-refractivity contribution is -0.384. The van der Waals surface area contributed by atoms with E-state index in [2.05, 4.69) is 10.6 Å². The van der Waals surface area contributed by atoms with Gasteiger partial charge in [-0.3, -0.25) is 14.9 Å². The highest BCUT2D eigenvalue weighted by atomic mass is 16.6. The zero-order valence-electron chi connectivity index (χ0n) is 11.1. The fourth-order valence-electron chi connectivity index (χ4n) is 2.37. The Balaban J connectivity index is 1.93. The molecule has 1 atom stereocenters. The topological polar surface area (TPSA) is 84.3 Å². The molecule has 21 heavy (non-hydrogen) atoms. The Bertz CT molecular complexity index is 701. The summed E-state index contributed by atoms with van der Waals surface area (Å²) in [4.78, 5) is 22.6. The Labute approximate surface area is 120 Å². The molecule has 6 nitrogen and oxygen atoms in total. The van der Waals surface area contributed by atoms with Crippen molar-refractivity contribution < 1.29 is 9.72 Å². The molecular formula is C15H13N3O3.